The lowest BCUT2D eigenvalue weighted by Crippen LogP contribution is -2.23. The number of carbonyl (C=O) groups is 2. The Hall–Kier alpha value is -3.14. The van der Waals surface area contributed by atoms with Gasteiger partial charge < -0.3 is 10.2 Å². The molecule has 0 fully saturated rings. The van der Waals surface area contributed by atoms with Gasteiger partial charge in [0.15, 0.2) is 11.5 Å². The Morgan fingerprint density at radius 2 is 0.808 bits per heavy atom. The molecule has 3 rings (SSSR count). The third-order valence-electron chi connectivity index (χ3n) is 4.38. The molecule has 0 amide bonds. The van der Waals surface area contributed by atoms with Crippen molar-refractivity contribution >= 4 is 22.7 Å². The summed E-state index contributed by atoms with van der Waals surface area (Å²) in [5.41, 5.74) is 4.09. The molecule has 4 heteroatoms. The van der Waals surface area contributed by atoms with Crippen molar-refractivity contribution in [2.45, 2.75) is 27.7 Å². The van der Waals surface area contributed by atoms with Crippen LogP contribution in [-0.2, 0) is 9.59 Å². The minimum absolute atomic E-state index is 0.160. The maximum absolute atomic E-state index is 12.8. The number of hydrogen-bond acceptors (Lipinski definition) is 4. The van der Waals surface area contributed by atoms with E-state index in [1.165, 1.54) is 0 Å². The minimum atomic E-state index is -0.749. The van der Waals surface area contributed by atoms with E-state index in [1.807, 2.05) is 39.8 Å². The lowest BCUT2D eigenvalue weighted by atomic mass is 9.85. The average molecular weight is 348 g/mol. The lowest BCUT2D eigenvalue weighted by Gasteiger charge is -2.19. The van der Waals surface area contributed by atoms with Crippen LogP contribution in [0.3, 0.4) is 0 Å². The highest BCUT2D eigenvalue weighted by atomic mass is 16.3. The van der Waals surface area contributed by atoms with Gasteiger partial charge in [0, 0.05) is 0 Å². The van der Waals surface area contributed by atoms with Crippen LogP contribution in [-0.4, -0.2) is 21.8 Å². The van der Waals surface area contributed by atoms with Crippen LogP contribution >= 0.6 is 0 Å². The zero-order chi connectivity index (χ0) is 19.2. The van der Waals surface area contributed by atoms with E-state index >= 15 is 0 Å². The Morgan fingerprint density at radius 3 is 1.08 bits per heavy atom. The van der Waals surface area contributed by atoms with E-state index < -0.39 is 23.1 Å². The van der Waals surface area contributed by atoms with E-state index in [0.29, 0.717) is 11.1 Å². The second-order valence-electron chi connectivity index (χ2n) is 6.86. The van der Waals surface area contributed by atoms with Crippen LogP contribution in [0.15, 0.2) is 47.9 Å². The van der Waals surface area contributed by atoms with Crippen molar-refractivity contribution in [2.75, 3.05) is 0 Å². The third-order valence-corrected chi connectivity index (χ3v) is 4.38. The normalized spacial score (nSPS) is 15.1. The standard InChI is InChI=1S/C22H20O4/c1-11-5-12(2)8-15(7-11)17-19(23)21(25)18(22(26)20(17)24)16-9-13(3)6-14(4)10-16/h5-10,23,26H,1-4H3. The van der Waals surface area contributed by atoms with Gasteiger partial charge in [-0.15, -0.1) is 0 Å². The van der Waals surface area contributed by atoms with E-state index in [9.17, 15) is 19.8 Å². The SMILES string of the molecule is Cc1cc(C)cc(C2=C(O)C(=O)C(c3cc(C)cc(C)c3)=C(O)C2=O)c1. The van der Waals surface area contributed by atoms with E-state index in [4.69, 9.17) is 0 Å². The predicted molar refractivity (Wildman–Crippen MR) is 101 cm³/mol. The molecule has 0 bridgehead atoms. The van der Waals surface area contributed by atoms with Crippen molar-refractivity contribution in [3.8, 4) is 0 Å². The van der Waals surface area contributed by atoms with E-state index in [2.05, 4.69) is 0 Å². The van der Waals surface area contributed by atoms with Crippen LogP contribution in [0.25, 0.3) is 11.1 Å². The monoisotopic (exact) mass is 348 g/mol. The largest absolute Gasteiger partial charge is 0.504 e. The van der Waals surface area contributed by atoms with Crippen LogP contribution in [0.1, 0.15) is 33.4 Å². The van der Waals surface area contributed by atoms with Gasteiger partial charge in [0.1, 0.15) is 0 Å². The molecule has 0 saturated carbocycles. The second kappa shape index (κ2) is 6.30. The van der Waals surface area contributed by atoms with Crippen molar-refractivity contribution < 1.29 is 19.8 Å². The van der Waals surface area contributed by atoms with Crippen LogP contribution in [0, 0.1) is 27.7 Å². The highest BCUT2D eigenvalue weighted by molar-refractivity contribution is 6.46. The number of hydrogen-bond donors (Lipinski definition) is 2. The van der Waals surface area contributed by atoms with Gasteiger partial charge in [-0.3, -0.25) is 9.59 Å². The fraction of sp³-hybridized carbons (Fsp3) is 0.182. The molecule has 2 aromatic rings. The Bertz CT molecular complexity index is 898. The van der Waals surface area contributed by atoms with Crippen LogP contribution in [0.5, 0.6) is 0 Å². The Kier molecular flexibility index (Phi) is 4.28. The molecule has 0 aromatic heterocycles. The number of aliphatic hydroxyl groups is 2. The summed E-state index contributed by atoms with van der Waals surface area (Å²) in [5.74, 6) is -2.76. The van der Waals surface area contributed by atoms with Gasteiger partial charge in [0.2, 0.25) is 11.6 Å². The van der Waals surface area contributed by atoms with Gasteiger partial charge in [-0.2, -0.15) is 0 Å². The van der Waals surface area contributed by atoms with Gasteiger partial charge in [0.25, 0.3) is 0 Å². The number of rotatable bonds is 2. The zero-order valence-electron chi connectivity index (χ0n) is 15.2. The number of allylic oxidation sites excluding steroid dienone is 2. The maximum Gasteiger partial charge on any atom is 0.232 e. The Balaban J connectivity index is 2.19. The van der Waals surface area contributed by atoms with Crippen molar-refractivity contribution in [3.63, 3.8) is 0 Å². The molecule has 0 saturated heterocycles. The highest BCUT2D eigenvalue weighted by Gasteiger charge is 2.36. The first-order chi connectivity index (χ1) is 12.2. The molecule has 26 heavy (non-hydrogen) atoms. The first-order valence-corrected chi connectivity index (χ1v) is 8.32. The van der Waals surface area contributed by atoms with Crippen LogP contribution < -0.4 is 0 Å². The summed E-state index contributed by atoms with van der Waals surface area (Å²) in [6.07, 6.45) is 0. The fourth-order valence-electron chi connectivity index (χ4n) is 3.45. The van der Waals surface area contributed by atoms with Gasteiger partial charge in [-0.1, -0.05) is 58.7 Å². The molecule has 0 radical (unpaired) electrons. The predicted octanol–water partition coefficient (Wildman–Crippen LogP) is 4.31. The molecular weight excluding hydrogens is 328 g/mol. The maximum atomic E-state index is 12.8. The van der Waals surface area contributed by atoms with Crippen LogP contribution in [0.4, 0.5) is 0 Å². The average Bonchev–Trinajstić information content (AvgIpc) is 2.51. The molecule has 4 nitrogen and oxygen atoms in total. The van der Waals surface area contributed by atoms with Gasteiger partial charge >= 0.3 is 0 Å². The number of aliphatic hydroxyl groups excluding tert-OH is 2. The summed E-state index contributed by atoms with van der Waals surface area (Å²) < 4.78 is 0. The Morgan fingerprint density at radius 1 is 0.538 bits per heavy atom. The number of benzene rings is 2. The minimum Gasteiger partial charge on any atom is -0.504 e. The van der Waals surface area contributed by atoms with Gasteiger partial charge in [0.05, 0.1) is 11.1 Å². The van der Waals surface area contributed by atoms with E-state index in [0.717, 1.165) is 22.3 Å². The molecule has 1 aliphatic carbocycles. The van der Waals surface area contributed by atoms with Gasteiger partial charge in [-0.25, -0.2) is 0 Å². The molecule has 0 aliphatic heterocycles. The smallest absolute Gasteiger partial charge is 0.232 e. The topological polar surface area (TPSA) is 74.6 Å². The van der Waals surface area contributed by atoms with Crippen LogP contribution in [0.2, 0.25) is 0 Å². The first kappa shape index (κ1) is 17.7. The molecule has 0 spiro atoms. The van der Waals surface area contributed by atoms with Crippen molar-refractivity contribution in [1.82, 2.24) is 0 Å². The van der Waals surface area contributed by atoms with Gasteiger partial charge in [-0.05, 0) is 38.8 Å². The summed E-state index contributed by atoms with van der Waals surface area (Å²) in [7, 11) is 0. The zero-order valence-corrected chi connectivity index (χ0v) is 15.2. The van der Waals surface area contributed by atoms with Crippen molar-refractivity contribution in [3.05, 3.63) is 81.3 Å². The molecule has 0 heterocycles. The summed E-state index contributed by atoms with van der Waals surface area (Å²) in [6, 6.07) is 10.7. The van der Waals surface area contributed by atoms with E-state index in [-0.39, 0.29) is 11.1 Å². The number of aryl methyl sites for hydroxylation is 4. The lowest BCUT2D eigenvalue weighted by molar-refractivity contribution is -0.116. The molecule has 1 aliphatic rings. The molecule has 0 atom stereocenters. The summed E-state index contributed by atoms with van der Waals surface area (Å²) in [6.45, 7) is 7.44. The molecule has 2 N–H and O–H groups in total. The highest BCUT2D eigenvalue weighted by Crippen LogP contribution is 2.35. The number of ketones is 2. The van der Waals surface area contributed by atoms with Crippen molar-refractivity contribution in [2.24, 2.45) is 0 Å². The molecule has 0 unspecified atom stereocenters. The number of Topliss-reactive ketones (excluding diaryl/α,β-unsaturated/α-hetero) is 2. The summed E-state index contributed by atoms with van der Waals surface area (Å²) >= 11 is 0. The van der Waals surface area contributed by atoms with E-state index in [1.54, 1.807) is 24.3 Å². The quantitative estimate of drug-likeness (QED) is 0.793. The number of carbonyl (C=O) groups excluding carboxylic acids is 2. The summed E-state index contributed by atoms with van der Waals surface area (Å²) in [5, 5.41) is 21.0. The first-order valence-electron chi connectivity index (χ1n) is 8.32. The van der Waals surface area contributed by atoms with Crippen molar-refractivity contribution in [1.29, 1.82) is 0 Å². The Labute approximate surface area is 152 Å². The fourth-order valence-corrected chi connectivity index (χ4v) is 3.45. The molecule has 2 aromatic carbocycles. The molecular formula is C22H20O4. The third kappa shape index (κ3) is 2.94. The second-order valence-corrected chi connectivity index (χ2v) is 6.86. The molecule has 132 valence electrons. The summed E-state index contributed by atoms with van der Waals surface area (Å²) in [4.78, 5) is 25.6.